The van der Waals surface area contributed by atoms with Gasteiger partial charge in [-0.25, -0.2) is 4.79 Å². The Morgan fingerprint density at radius 1 is 1.05 bits per heavy atom. The molecule has 0 unspecified atom stereocenters. The average Bonchev–Trinajstić information content (AvgIpc) is 2.43. The van der Waals surface area contributed by atoms with E-state index in [2.05, 4.69) is 0 Å². The molecule has 0 radical (unpaired) electrons. The van der Waals surface area contributed by atoms with E-state index >= 15 is 0 Å². The number of carbonyl (C=O) groups excluding carboxylic acids is 1. The number of nitrogens with zero attached hydrogens (tertiary/aromatic N) is 2. The van der Waals surface area contributed by atoms with Crippen LogP contribution < -0.4 is 11.2 Å². The highest BCUT2D eigenvalue weighted by Gasteiger charge is 2.16. The van der Waals surface area contributed by atoms with Crippen LogP contribution in [0.1, 0.15) is 27.0 Å². The standard InChI is InChI=1S/C15H16N2O3/c1-9-5-6-11(7-10(9)2)13(18)12-8-16(3)15(20)17(4)14(12)19/h5-8H,1-4H3. The molecule has 1 aromatic heterocycles. The molecule has 0 saturated carbocycles. The van der Waals surface area contributed by atoms with Gasteiger partial charge in [0.1, 0.15) is 5.56 Å². The lowest BCUT2D eigenvalue weighted by Crippen LogP contribution is -2.39. The number of rotatable bonds is 2. The predicted octanol–water partition coefficient (Wildman–Crippen LogP) is 0.932. The molecular weight excluding hydrogens is 256 g/mol. The number of hydrogen-bond acceptors (Lipinski definition) is 3. The van der Waals surface area contributed by atoms with E-state index in [4.69, 9.17) is 0 Å². The molecule has 0 aliphatic carbocycles. The molecule has 0 N–H and O–H groups in total. The van der Waals surface area contributed by atoms with Gasteiger partial charge in [-0.1, -0.05) is 12.1 Å². The van der Waals surface area contributed by atoms with Gasteiger partial charge < -0.3 is 4.57 Å². The SMILES string of the molecule is Cc1ccc(C(=O)c2cn(C)c(=O)n(C)c2=O)cc1C. The van der Waals surface area contributed by atoms with Crippen molar-refractivity contribution in [2.45, 2.75) is 13.8 Å². The summed E-state index contributed by atoms with van der Waals surface area (Å²) in [6.45, 7) is 3.86. The van der Waals surface area contributed by atoms with Crippen LogP contribution in [-0.2, 0) is 14.1 Å². The molecule has 0 amide bonds. The summed E-state index contributed by atoms with van der Waals surface area (Å²) < 4.78 is 2.17. The molecule has 1 aromatic carbocycles. The average molecular weight is 272 g/mol. The monoisotopic (exact) mass is 272 g/mol. The summed E-state index contributed by atoms with van der Waals surface area (Å²) in [5.74, 6) is -0.371. The van der Waals surface area contributed by atoms with E-state index < -0.39 is 11.2 Å². The molecule has 0 aliphatic heterocycles. The molecule has 2 aromatic rings. The van der Waals surface area contributed by atoms with Crippen LogP contribution in [0.4, 0.5) is 0 Å². The molecule has 0 spiro atoms. The van der Waals surface area contributed by atoms with Crippen molar-refractivity contribution in [3.05, 3.63) is 67.5 Å². The lowest BCUT2D eigenvalue weighted by Gasteiger charge is -2.07. The van der Waals surface area contributed by atoms with Crippen molar-refractivity contribution in [2.75, 3.05) is 0 Å². The largest absolute Gasteiger partial charge is 0.330 e. The molecule has 5 nitrogen and oxygen atoms in total. The molecular formula is C15H16N2O3. The van der Waals surface area contributed by atoms with E-state index in [9.17, 15) is 14.4 Å². The van der Waals surface area contributed by atoms with E-state index in [1.807, 2.05) is 19.9 Å². The van der Waals surface area contributed by atoms with Gasteiger partial charge in [-0.05, 0) is 31.0 Å². The van der Waals surface area contributed by atoms with E-state index in [0.29, 0.717) is 5.56 Å². The van der Waals surface area contributed by atoms with Crippen LogP contribution in [0.2, 0.25) is 0 Å². The van der Waals surface area contributed by atoms with Crippen molar-refractivity contribution in [2.24, 2.45) is 14.1 Å². The summed E-state index contributed by atoms with van der Waals surface area (Å²) in [6, 6.07) is 5.28. The molecule has 1 heterocycles. The Hall–Kier alpha value is -2.43. The van der Waals surface area contributed by atoms with Gasteiger partial charge >= 0.3 is 5.69 Å². The first-order chi connectivity index (χ1) is 9.32. The highest BCUT2D eigenvalue weighted by atomic mass is 16.2. The van der Waals surface area contributed by atoms with E-state index in [1.165, 1.54) is 24.9 Å². The third-order valence-electron chi connectivity index (χ3n) is 3.46. The normalized spacial score (nSPS) is 10.6. The molecule has 0 fully saturated rings. The summed E-state index contributed by atoms with van der Waals surface area (Å²) in [5.41, 5.74) is 1.48. The van der Waals surface area contributed by atoms with Gasteiger partial charge in [0.2, 0.25) is 0 Å². The van der Waals surface area contributed by atoms with Gasteiger partial charge in [0, 0.05) is 25.9 Å². The zero-order chi connectivity index (χ0) is 15.0. The van der Waals surface area contributed by atoms with Crippen molar-refractivity contribution in [3.63, 3.8) is 0 Å². The number of carbonyl (C=O) groups is 1. The van der Waals surface area contributed by atoms with Crippen molar-refractivity contribution in [1.29, 1.82) is 0 Å². The highest BCUT2D eigenvalue weighted by molar-refractivity contribution is 6.08. The second kappa shape index (κ2) is 4.92. The van der Waals surface area contributed by atoms with Gasteiger partial charge in [0.25, 0.3) is 5.56 Å². The third-order valence-corrected chi connectivity index (χ3v) is 3.46. The van der Waals surface area contributed by atoms with Gasteiger partial charge in [0.15, 0.2) is 5.78 Å². The summed E-state index contributed by atoms with van der Waals surface area (Å²) in [4.78, 5) is 36.1. The van der Waals surface area contributed by atoms with Crippen molar-refractivity contribution in [3.8, 4) is 0 Å². The topological polar surface area (TPSA) is 61.1 Å². The smallest absolute Gasteiger partial charge is 0.303 e. The molecule has 2 rings (SSSR count). The lowest BCUT2D eigenvalue weighted by molar-refractivity contribution is 0.103. The maximum atomic E-state index is 12.4. The Labute approximate surface area is 116 Å². The molecule has 0 aliphatic rings. The summed E-state index contributed by atoms with van der Waals surface area (Å²) in [5, 5.41) is 0. The van der Waals surface area contributed by atoms with E-state index in [1.54, 1.807) is 12.1 Å². The summed E-state index contributed by atoms with van der Waals surface area (Å²) >= 11 is 0. The quantitative estimate of drug-likeness (QED) is 0.764. The van der Waals surface area contributed by atoms with Crippen LogP contribution in [0.3, 0.4) is 0 Å². The Balaban J connectivity index is 2.62. The maximum absolute atomic E-state index is 12.4. The van der Waals surface area contributed by atoms with Crippen LogP contribution in [0.5, 0.6) is 0 Å². The van der Waals surface area contributed by atoms with Crippen molar-refractivity contribution in [1.82, 2.24) is 9.13 Å². The lowest BCUT2D eigenvalue weighted by atomic mass is 10.0. The molecule has 20 heavy (non-hydrogen) atoms. The first-order valence-corrected chi connectivity index (χ1v) is 6.21. The van der Waals surface area contributed by atoms with E-state index in [-0.39, 0.29) is 11.3 Å². The number of hydrogen-bond donors (Lipinski definition) is 0. The van der Waals surface area contributed by atoms with Gasteiger partial charge in [0.05, 0.1) is 0 Å². The van der Waals surface area contributed by atoms with Crippen LogP contribution in [-0.4, -0.2) is 14.9 Å². The summed E-state index contributed by atoms with van der Waals surface area (Å²) in [6.07, 6.45) is 1.29. The number of benzene rings is 1. The molecule has 5 heteroatoms. The Kier molecular flexibility index (Phi) is 3.44. The third kappa shape index (κ3) is 2.22. The highest BCUT2D eigenvalue weighted by Crippen LogP contribution is 2.12. The Morgan fingerprint density at radius 2 is 1.70 bits per heavy atom. The number of aromatic nitrogens is 2. The first-order valence-electron chi connectivity index (χ1n) is 6.21. The van der Waals surface area contributed by atoms with Crippen LogP contribution in [0.25, 0.3) is 0 Å². The second-order valence-electron chi connectivity index (χ2n) is 4.93. The fourth-order valence-electron chi connectivity index (χ4n) is 2.00. The van der Waals surface area contributed by atoms with Gasteiger partial charge in [-0.3, -0.25) is 14.2 Å². The minimum absolute atomic E-state index is 0.00199. The fourth-order valence-corrected chi connectivity index (χ4v) is 2.00. The molecule has 104 valence electrons. The minimum atomic E-state index is -0.573. The number of ketones is 1. The first kappa shape index (κ1) is 14.0. The van der Waals surface area contributed by atoms with Gasteiger partial charge in [-0.15, -0.1) is 0 Å². The van der Waals surface area contributed by atoms with Crippen LogP contribution in [0.15, 0.2) is 34.0 Å². The predicted molar refractivity (Wildman–Crippen MR) is 76.3 cm³/mol. The van der Waals surface area contributed by atoms with Crippen molar-refractivity contribution >= 4 is 5.78 Å². The molecule has 0 bridgehead atoms. The molecule has 0 atom stereocenters. The van der Waals surface area contributed by atoms with Crippen LogP contribution >= 0.6 is 0 Å². The van der Waals surface area contributed by atoms with Crippen molar-refractivity contribution < 1.29 is 4.79 Å². The minimum Gasteiger partial charge on any atom is -0.303 e. The molecule has 0 saturated heterocycles. The fraction of sp³-hybridized carbons (Fsp3) is 0.267. The zero-order valence-electron chi connectivity index (χ0n) is 11.9. The maximum Gasteiger partial charge on any atom is 0.330 e. The Bertz CT molecular complexity index is 813. The second-order valence-corrected chi connectivity index (χ2v) is 4.93. The Morgan fingerprint density at radius 3 is 2.30 bits per heavy atom. The van der Waals surface area contributed by atoms with Crippen LogP contribution in [0, 0.1) is 13.8 Å². The summed E-state index contributed by atoms with van der Waals surface area (Å²) in [7, 11) is 2.88. The number of aryl methyl sites for hydroxylation is 3. The van der Waals surface area contributed by atoms with E-state index in [0.717, 1.165) is 15.7 Å². The van der Waals surface area contributed by atoms with Gasteiger partial charge in [-0.2, -0.15) is 0 Å². The zero-order valence-corrected chi connectivity index (χ0v) is 11.9.